The van der Waals surface area contributed by atoms with Crippen LogP contribution in [0.15, 0.2) is 41.4 Å². The Labute approximate surface area is 165 Å². The summed E-state index contributed by atoms with van der Waals surface area (Å²) in [5.74, 6) is 1.41. The standard InChI is InChI=1S/C23H25NO4/c1-26-20-12-17-14-8-6-7-11-19(14)24-22(18(17)13-21(20)27-2)15-9-4-5-10-16(15)23(25)28-3/h4-5,9-10,12-14,19H,6-8,11H2,1-3H3/t14-,19-/m1/s1. The highest BCUT2D eigenvalue weighted by molar-refractivity contribution is 6.19. The average molecular weight is 379 g/mol. The molecule has 2 aromatic rings. The smallest absolute Gasteiger partial charge is 0.338 e. The van der Waals surface area contributed by atoms with Gasteiger partial charge in [-0.1, -0.05) is 31.0 Å². The van der Waals surface area contributed by atoms with Crippen LogP contribution in [0.25, 0.3) is 0 Å². The maximum Gasteiger partial charge on any atom is 0.338 e. The number of hydrogen-bond donors (Lipinski definition) is 0. The topological polar surface area (TPSA) is 57.1 Å². The van der Waals surface area contributed by atoms with E-state index in [9.17, 15) is 4.79 Å². The van der Waals surface area contributed by atoms with Crippen LogP contribution >= 0.6 is 0 Å². The zero-order valence-corrected chi connectivity index (χ0v) is 16.5. The molecule has 0 amide bonds. The van der Waals surface area contributed by atoms with Crippen LogP contribution < -0.4 is 9.47 Å². The van der Waals surface area contributed by atoms with Crippen molar-refractivity contribution in [3.05, 3.63) is 58.7 Å². The van der Waals surface area contributed by atoms with E-state index in [1.165, 1.54) is 25.5 Å². The number of hydrogen-bond acceptors (Lipinski definition) is 5. The molecule has 146 valence electrons. The minimum Gasteiger partial charge on any atom is -0.493 e. The summed E-state index contributed by atoms with van der Waals surface area (Å²) < 4.78 is 16.1. The third-order valence-electron chi connectivity index (χ3n) is 5.82. The Hall–Kier alpha value is -2.82. The molecule has 1 aliphatic heterocycles. The molecule has 0 spiro atoms. The number of carbonyl (C=O) groups is 1. The largest absolute Gasteiger partial charge is 0.493 e. The van der Waals surface area contributed by atoms with Crippen LogP contribution in [0.3, 0.4) is 0 Å². The monoisotopic (exact) mass is 379 g/mol. The van der Waals surface area contributed by atoms with Crippen molar-refractivity contribution in [2.45, 2.75) is 37.6 Å². The molecule has 2 atom stereocenters. The van der Waals surface area contributed by atoms with Gasteiger partial charge in [-0.25, -0.2) is 4.79 Å². The molecular weight excluding hydrogens is 354 g/mol. The Morgan fingerprint density at radius 2 is 1.68 bits per heavy atom. The summed E-state index contributed by atoms with van der Waals surface area (Å²) in [6, 6.07) is 11.8. The first kappa shape index (κ1) is 18.5. The van der Waals surface area contributed by atoms with Crippen molar-refractivity contribution in [3.8, 4) is 11.5 Å². The highest BCUT2D eigenvalue weighted by Crippen LogP contribution is 2.45. The molecule has 0 N–H and O–H groups in total. The molecule has 1 saturated carbocycles. The molecule has 0 unspecified atom stereocenters. The number of benzene rings is 2. The van der Waals surface area contributed by atoms with Crippen molar-refractivity contribution in [1.82, 2.24) is 0 Å². The zero-order valence-electron chi connectivity index (χ0n) is 16.5. The average Bonchev–Trinajstić information content (AvgIpc) is 2.76. The summed E-state index contributed by atoms with van der Waals surface area (Å²) in [5, 5.41) is 0. The quantitative estimate of drug-likeness (QED) is 0.741. The predicted octanol–water partition coefficient (Wildman–Crippen LogP) is 4.37. The fourth-order valence-corrected chi connectivity index (χ4v) is 4.46. The van der Waals surface area contributed by atoms with Gasteiger partial charge in [-0.3, -0.25) is 4.99 Å². The molecule has 2 aliphatic rings. The van der Waals surface area contributed by atoms with Crippen LogP contribution in [0, 0.1) is 0 Å². The normalized spacial score (nSPS) is 20.5. The predicted molar refractivity (Wildman–Crippen MR) is 108 cm³/mol. The SMILES string of the molecule is COC(=O)c1ccccc1C1=N[C@@H]2CCCC[C@@H]2c2cc(OC)c(OC)cc21. The molecule has 5 heteroatoms. The van der Waals surface area contributed by atoms with E-state index < -0.39 is 0 Å². The Morgan fingerprint density at radius 1 is 0.964 bits per heavy atom. The second-order valence-corrected chi connectivity index (χ2v) is 7.27. The fourth-order valence-electron chi connectivity index (χ4n) is 4.46. The van der Waals surface area contributed by atoms with Gasteiger partial charge in [-0.2, -0.15) is 0 Å². The van der Waals surface area contributed by atoms with Gasteiger partial charge in [0.05, 0.1) is 38.6 Å². The molecular formula is C23H25NO4. The number of rotatable bonds is 4. The van der Waals surface area contributed by atoms with Gasteiger partial charge in [-0.15, -0.1) is 0 Å². The number of nitrogens with zero attached hydrogens (tertiary/aromatic N) is 1. The molecule has 0 saturated heterocycles. The van der Waals surface area contributed by atoms with Gasteiger partial charge in [0.15, 0.2) is 11.5 Å². The van der Waals surface area contributed by atoms with Gasteiger partial charge >= 0.3 is 5.97 Å². The first-order valence-electron chi connectivity index (χ1n) is 9.69. The number of esters is 1. The lowest BCUT2D eigenvalue weighted by Crippen LogP contribution is -2.30. The number of methoxy groups -OCH3 is 3. The van der Waals surface area contributed by atoms with Crippen molar-refractivity contribution < 1.29 is 19.0 Å². The van der Waals surface area contributed by atoms with E-state index in [2.05, 4.69) is 6.07 Å². The van der Waals surface area contributed by atoms with Gasteiger partial charge in [0.1, 0.15) is 0 Å². The second kappa shape index (κ2) is 7.66. The van der Waals surface area contributed by atoms with Crippen LogP contribution in [-0.2, 0) is 4.74 Å². The van der Waals surface area contributed by atoms with E-state index in [0.29, 0.717) is 17.2 Å². The minimum absolute atomic E-state index is 0.222. The molecule has 4 rings (SSSR count). The van der Waals surface area contributed by atoms with Crippen molar-refractivity contribution in [1.29, 1.82) is 0 Å². The summed E-state index contributed by atoms with van der Waals surface area (Å²) in [7, 11) is 4.70. The maximum atomic E-state index is 12.4. The van der Waals surface area contributed by atoms with Gasteiger partial charge in [0, 0.05) is 17.0 Å². The second-order valence-electron chi connectivity index (χ2n) is 7.27. The zero-order chi connectivity index (χ0) is 19.7. The Kier molecular flexibility index (Phi) is 5.07. The van der Waals surface area contributed by atoms with E-state index in [1.807, 2.05) is 24.3 Å². The first-order valence-corrected chi connectivity index (χ1v) is 9.69. The lowest BCUT2D eigenvalue weighted by molar-refractivity contribution is 0.0600. The Bertz CT molecular complexity index is 934. The number of aliphatic imine (C=N–C) groups is 1. The number of carbonyl (C=O) groups excluding carboxylic acids is 1. The molecule has 5 nitrogen and oxygen atoms in total. The molecule has 0 bridgehead atoms. The van der Waals surface area contributed by atoms with E-state index >= 15 is 0 Å². The molecule has 1 heterocycles. The molecule has 28 heavy (non-hydrogen) atoms. The summed E-state index contributed by atoms with van der Waals surface area (Å²) in [4.78, 5) is 17.5. The van der Waals surface area contributed by atoms with E-state index in [0.717, 1.165) is 35.4 Å². The van der Waals surface area contributed by atoms with Gasteiger partial charge < -0.3 is 14.2 Å². The van der Waals surface area contributed by atoms with Crippen LogP contribution in [0.2, 0.25) is 0 Å². The molecule has 1 aliphatic carbocycles. The van der Waals surface area contributed by atoms with E-state index in [1.54, 1.807) is 20.3 Å². The van der Waals surface area contributed by atoms with E-state index in [-0.39, 0.29) is 12.0 Å². The first-order chi connectivity index (χ1) is 13.7. The van der Waals surface area contributed by atoms with Crippen LogP contribution in [0.4, 0.5) is 0 Å². The highest BCUT2D eigenvalue weighted by atomic mass is 16.5. The molecule has 0 aromatic heterocycles. The van der Waals surface area contributed by atoms with Crippen molar-refractivity contribution in [2.75, 3.05) is 21.3 Å². The van der Waals surface area contributed by atoms with Gasteiger partial charge in [0.25, 0.3) is 0 Å². The Morgan fingerprint density at radius 3 is 2.43 bits per heavy atom. The summed E-state index contributed by atoms with van der Waals surface area (Å²) in [6.07, 6.45) is 4.56. The van der Waals surface area contributed by atoms with Crippen molar-refractivity contribution in [3.63, 3.8) is 0 Å². The van der Waals surface area contributed by atoms with Crippen molar-refractivity contribution in [2.24, 2.45) is 4.99 Å². The lowest BCUT2D eigenvalue weighted by atomic mass is 9.74. The van der Waals surface area contributed by atoms with Gasteiger partial charge in [0.2, 0.25) is 0 Å². The molecule has 2 aromatic carbocycles. The minimum atomic E-state index is -0.355. The summed E-state index contributed by atoms with van der Waals surface area (Å²) >= 11 is 0. The highest BCUT2D eigenvalue weighted by Gasteiger charge is 2.35. The van der Waals surface area contributed by atoms with Gasteiger partial charge in [-0.05, 0) is 36.6 Å². The third-order valence-corrected chi connectivity index (χ3v) is 5.82. The maximum absolute atomic E-state index is 12.4. The van der Waals surface area contributed by atoms with E-state index in [4.69, 9.17) is 19.2 Å². The van der Waals surface area contributed by atoms with Crippen LogP contribution in [0.5, 0.6) is 11.5 Å². The fraction of sp³-hybridized carbons (Fsp3) is 0.391. The summed E-state index contributed by atoms with van der Waals surface area (Å²) in [6.45, 7) is 0. The number of ether oxygens (including phenoxy) is 3. The lowest BCUT2D eigenvalue weighted by Gasteiger charge is -2.36. The number of fused-ring (bicyclic) bond motifs is 3. The van der Waals surface area contributed by atoms with Crippen LogP contribution in [0.1, 0.15) is 58.6 Å². The molecule has 0 radical (unpaired) electrons. The Balaban J connectivity index is 1.94. The summed E-state index contributed by atoms with van der Waals surface area (Å²) in [5.41, 5.74) is 4.40. The third kappa shape index (κ3) is 3.05. The van der Waals surface area contributed by atoms with Crippen molar-refractivity contribution >= 4 is 11.7 Å². The molecule has 1 fully saturated rings. The van der Waals surface area contributed by atoms with Crippen LogP contribution in [-0.4, -0.2) is 39.1 Å².